The number of halogens is 1. The first-order chi connectivity index (χ1) is 13.1. The molecule has 2 fully saturated rings. The minimum atomic E-state index is -0.548. The normalized spacial score (nSPS) is 30.6. The van der Waals surface area contributed by atoms with Gasteiger partial charge in [0, 0.05) is 22.9 Å². The van der Waals surface area contributed by atoms with Crippen molar-refractivity contribution < 1.29 is 14.7 Å². The molecule has 1 saturated heterocycles. The second-order valence-electron chi connectivity index (χ2n) is 8.10. The molecule has 3 nitrogen and oxygen atoms in total. The van der Waals surface area contributed by atoms with Crippen LogP contribution < -0.4 is 9.64 Å². The maximum Gasteiger partial charge on any atom is 0.128 e. The van der Waals surface area contributed by atoms with Crippen molar-refractivity contribution in [3.63, 3.8) is 0 Å². The molecule has 0 radical (unpaired) electrons. The van der Waals surface area contributed by atoms with Gasteiger partial charge in [-0.1, -0.05) is 54.8 Å². The Hall–Kier alpha value is -1.55. The quantitative estimate of drug-likeness (QED) is 0.838. The number of ether oxygens (including phenoxy) is 1. The number of methoxy groups -OCH3 is 1. The fourth-order valence-electron chi connectivity index (χ4n) is 5.30. The van der Waals surface area contributed by atoms with Crippen LogP contribution >= 0.6 is 11.6 Å². The maximum atomic E-state index is 11.4. The summed E-state index contributed by atoms with van der Waals surface area (Å²) in [5.74, 6) is 1.18. The van der Waals surface area contributed by atoms with Crippen LogP contribution in [0.15, 0.2) is 48.5 Å². The van der Waals surface area contributed by atoms with Gasteiger partial charge in [-0.25, -0.2) is 0 Å². The Labute approximate surface area is 166 Å². The van der Waals surface area contributed by atoms with Crippen LogP contribution in [0.1, 0.15) is 49.3 Å². The molecule has 4 atom stereocenters. The van der Waals surface area contributed by atoms with Crippen LogP contribution in [-0.2, 0) is 6.54 Å². The number of quaternary nitrogens is 1. The van der Waals surface area contributed by atoms with Crippen LogP contribution in [0.2, 0.25) is 5.02 Å². The second-order valence-corrected chi connectivity index (χ2v) is 8.51. The van der Waals surface area contributed by atoms with Gasteiger partial charge in [0.25, 0.3) is 0 Å². The third-order valence-corrected chi connectivity index (χ3v) is 7.00. The number of nitrogens with one attached hydrogen (secondary N) is 1. The highest BCUT2D eigenvalue weighted by molar-refractivity contribution is 6.31. The van der Waals surface area contributed by atoms with Crippen molar-refractivity contribution in [1.82, 2.24) is 0 Å². The third-order valence-electron chi connectivity index (χ3n) is 6.64. The van der Waals surface area contributed by atoms with Crippen molar-refractivity contribution in [3.05, 3.63) is 64.7 Å². The molecule has 1 aliphatic carbocycles. The van der Waals surface area contributed by atoms with Crippen molar-refractivity contribution in [2.75, 3.05) is 13.7 Å². The van der Waals surface area contributed by atoms with Crippen LogP contribution in [0, 0.1) is 5.92 Å². The van der Waals surface area contributed by atoms with E-state index in [-0.39, 0.29) is 12.0 Å². The number of para-hydroxylation sites is 1. The first kappa shape index (κ1) is 18.8. The SMILES string of the molecule is COc1ccccc1[C@H]1[C@H]2CCCC[C@]2(O)CC[NH+]1Cc1ccccc1Cl. The number of hydrogen-bond acceptors (Lipinski definition) is 2. The molecule has 4 rings (SSSR count). The Morgan fingerprint density at radius 1 is 1.11 bits per heavy atom. The van der Waals surface area contributed by atoms with E-state index in [4.69, 9.17) is 16.3 Å². The van der Waals surface area contributed by atoms with Gasteiger partial charge in [-0.15, -0.1) is 0 Å². The minimum absolute atomic E-state index is 0.219. The molecule has 2 aromatic carbocycles. The summed E-state index contributed by atoms with van der Waals surface area (Å²) in [4.78, 5) is 1.48. The lowest BCUT2D eigenvalue weighted by Crippen LogP contribution is -3.13. The predicted molar refractivity (Wildman–Crippen MR) is 108 cm³/mol. The molecular weight excluding hydrogens is 358 g/mol. The molecule has 1 aliphatic heterocycles. The Balaban J connectivity index is 1.74. The molecule has 0 amide bonds. The molecule has 2 aromatic rings. The van der Waals surface area contributed by atoms with E-state index in [1.54, 1.807) is 7.11 Å². The lowest BCUT2D eigenvalue weighted by molar-refractivity contribution is -0.958. The van der Waals surface area contributed by atoms with E-state index in [2.05, 4.69) is 24.3 Å². The summed E-state index contributed by atoms with van der Waals surface area (Å²) in [5.41, 5.74) is 1.84. The number of rotatable bonds is 4. The summed E-state index contributed by atoms with van der Waals surface area (Å²) in [7, 11) is 1.74. The predicted octanol–water partition coefficient (Wildman–Crippen LogP) is 3.80. The number of hydrogen-bond donors (Lipinski definition) is 2. The fourth-order valence-corrected chi connectivity index (χ4v) is 5.50. The zero-order valence-corrected chi connectivity index (χ0v) is 16.7. The molecule has 0 spiro atoms. The van der Waals surface area contributed by atoms with Crippen molar-refractivity contribution >= 4 is 11.6 Å². The molecule has 4 heteroatoms. The van der Waals surface area contributed by atoms with Crippen LogP contribution in [0.3, 0.4) is 0 Å². The topological polar surface area (TPSA) is 33.9 Å². The van der Waals surface area contributed by atoms with Gasteiger partial charge in [-0.3, -0.25) is 0 Å². The minimum Gasteiger partial charge on any atom is -0.496 e. The van der Waals surface area contributed by atoms with Crippen molar-refractivity contribution in [2.24, 2.45) is 5.92 Å². The summed E-state index contributed by atoms with van der Waals surface area (Å²) in [6.07, 6.45) is 5.18. The Morgan fingerprint density at radius 3 is 2.70 bits per heavy atom. The molecule has 2 aliphatic rings. The zero-order chi connectivity index (χ0) is 18.9. The van der Waals surface area contributed by atoms with E-state index in [1.807, 2.05) is 24.3 Å². The molecule has 2 N–H and O–H groups in total. The van der Waals surface area contributed by atoms with Crippen LogP contribution in [0.25, 0.3) is 0 Å². The van der Waals surface area contributed by atoms with Crippen LogP contribution in [0.5, 0.6) is 5.75 Å². The monoisotopic (exact) mass is 386 g/mol. The van der Waals surface area contributed by atoms with Gasteiger partial charge >= 0.3 is 0 Å². The Bertz CT molecular complexity index is 795. The summed E-state index contributed by atoms with van der Waals surface area (Å²) < 4.78 is 5.71. The molecule has 0 bridgehead atoms. The van der Waals surface area contributed by atoms with E-state index in [9.17, 15) is 5.11 Å². The van der Waals surface area contributed by atoms with Gasteiger partial charge in [0.05, 0.1) is 24.8 Å². The molecule has 0 aromatic heterocycles. The smallest absolute Gasteiger partial charge is 0.128 e. The third kappa shape index (κ3) is 3.61. The van der Waals surface area contributed by atoms with E-state index < -0.39 is 5.60 Å². The first-order valence-electron chi connectivity index (χ1n) is 10.1. The van der Waals surface area contributed by atoms with Gasteiger partial charge < -0.3 is 14.7 Å². The summed E-state index contributed by atoms with van der Waals surface area (Å²) in [6, 6.07) is 16.7. The number of likely N-dealkylation sites (tertiary alicyclic amines) is 1. The standard InChI is InChI=1S/C23H28ClNO2/c1-27-21-12-5-3-9-18(21)22-19-10-6-7-13-23(19,26)14-15-25(22)16-17-8-2-4-11-20(17)24/h2-5,8-9,11-12,19,22,26H,6-7,10,13-16H2,1H3/p+1/t19-,22+,23+/m1/s1. The number of benzene rings is 2. The zero-order valence-electron chi connectivity index (χ0n) is 16.0. The lowest BCUT2D eigenvalue weighted by atomic mass is 9.66. The van der Waals surface area contributed by atoms with Crippen LogP contribution in [-0.4, -0.2) is 24.4 Å². The molecule has 27 heavy (non-hydrogen) atoms. The average Bonchev–Trinajstić information content (AvgIpc) is 2.69. The van der Waals surface area contributed by atoms with Crippen molar-refractivity contribution in [2.45, 2.75) is 50.3 Å². The van der Waals surface area contributed by atoms with E-state index in [0.717, 1.165) is 49.5 Å². The summed E-state index contributed by atoms with van der Waals surface area (Å²) in [5, 5.41) is 12.3. The maximum absolute atomic E-state index is 11.4. The van der Waals surface area contributed by atoms with Gasteiger partial charge in [-0.05, 0) is 31.0 Å². The highest BCUT2D eigenvalue weighted by atomic mass is 35.5. The van der Waals surface area contributed by atoms with Gasteiger partial charge in [0.2, 0.25) is 0 Å². The number of piperidine rings is 1. The fraction of sp³-hybridized carbons (Fsp3) is 0.478. The van der Waals surface area contributed by atoms with E-state index >= 15 is 0 Å². The molecule has 1 heterocycles. The van der Waals surface area contributed by atoms with Gasteiger partial charge in [0.15, 0.2) is 0 Å². The highest BCUT2D eigenvalue weighted by Gasteiger charge is 2.52. The van der Waals surface area contributed by atoms with Gasteiger partial charge in [-0.2, -0.15) is 0 Å². The summed E-state index contributed by atoms with van der Waals surface area (Å²) >= 11 is 6.47. The van der Waals surface area contributed by atoms with Crippen molar-refractivity contribution in [3.8, 4) is 5.75 Å². The lowest BCUT2D eigenvalue weighted by Gasteiger charge is -2.50. The van der Waals surface area contributed by atoms with Crippen molar-refractivity contribution in [1.29, 1.82) is 0 Å². The Kier molecular flexibility index (Phi) is 5.45. The highest BCUT2D eigenvalue weighted by Crippen LogP contribution is 2.45. The van der Waals surface area contributed by atoms with E-state index in [0.29, 0.717) is 0 Å². The number of fused-ring (bicyclic) bond motifs is 1. The summed E-state index contributed by atoms with van der Waals surface area (Å²) in [6.45, 7) is 1.82. The molecule has 1 unspecified atom stereocenters. The Morgan fingerprint density at radius 2 is 1.89 bits per heavy atom. The van der Waals surface area contributed by atoms with Crippen LogP contribution in [0.4, 0.5) is 0 Å². The average molecular weight is 387 g/mol. The molecule has 1 saturated carbocycles. The number of aliphatic hydroxyl groups is 1. The second kappa shape index (κ2) is 7.83. The van der Waals surface area contributed by atoms with E-state index in [1.165, 1.54) is 22.4 Å². The first-order valence-corrected chi connectivity index (χ1v) is 10.4. The molecular formula is C23H29ClNO2+. The molecule has 144 valence electrons. The van der Waals surface area contributed by atoms with Gasteiger partial charge in [0.1, 0.15) is 18.3 Å². The largest absolute Gasteiger partial charge is 0.496 e.